The molecule has 0 bridgehead atoms. The van der Waals surface area contributed by atoms with Crippen molar-refractivity contribution in [1.82, 2.24) is 4.90 Å². The molecule has 1 atom stereocenters. The molecule has 1 aliphatic carbocycles. The third-order valence-corrected chi connectivity index (χ3v) is 3.55. The topological polar surface area (TPSA) is 72.4 Å². The first-order valence-electron chi connectivity index (χ1n) is 6.45. The van der Waals surface area contributed by atoms with Crippen molar-refractivity contribution in [1.29, 1.82) is 0 Å². The molecule has 4 N–H and O–H groups in total. The van der Waals surface area contributed by atoms with Crippen molar-refractivity contribution < 1.29 is 4.79 Å². The highest BCUT2D eigenvalue weighted by atomic mass is 16.1. The fraction of sp³-hybridized carbons (Fsp3) is 0.917. The van der Waals surface area contributed by atoms with Crippen LogP contribution < -0.4 is 11.5 Å². The third kappa shape index (κ3) is 3.46. The molecule has 94 valence electrons. The molecule has 0 saturated heterocycles. The second kappa shape index (κ2) is 6.86. The smallest absolute Gasteiger partial charge is 0.234 e. The van der Waals surface area contributed by atoms with Gasteiger partial charge < -0.3 is 11.5 Å². The van der Waals surface area contributed by atoms with Crippen LogP contribution in [0.2, 0.25) is 0 Å². The summed E-state index contributed by atoms with van der Waals surface area (Å²) in [5.41, 5.74) is 11.1. The molecule has 0 aromatic heterocycles. The van der Waals surface area contributed by atoms with E-state index >= 15 is 0 Å². The van der Waals surface area contributed by atoms with Crippen molar-refractivity contribution in [3.8, 4) is 0 Å². The minimum Gasteiger partial charge on any atom is -0.368 e. The Kier molecular flexibility index (Phi) is 5.77. The second-order valence-corrected chi connectivity index (χ2v) is 4.64. The number of amides is 1. The van der Waals surface area contributed by atoms with E-state index < -0.39 is 0 Å². The monoisotopic (exact) mass is 227 g/mol. The summed E-state index contributed by atoms with van der Waals surface area (Å²) in [6, 6.07) is 0.376. The maximum Gasteiger partial charge on any atom is 0.234 e. The highest BCUT2D eigenvalue weighted by Crippen LogP contribution is 2.24. The van der Waals surface area contributed by atoms with Gasteiger partial charge in [0.05, 0.1) is 6.04 Å². The Morgan fingerprint density at radius 2 is 2.00 bits per heavy atom. The van der Waals surface area contributed by atoms with Gasteiger partial charge >= 0.3 is 0 Å². The third-order valence-electron chi connectivity index (χ3n) is 3.55. The normalized spacial score (nSPS) is 19.9. The van der Waals surface area contributed by atoms with Crippen molar-refractivity contribution in [3.63, 3.8) is 0 Å². The Bertz CT molecular complexity index is 214. The molecule has 0 heterocycles. The molecule has 0 aliphatic heterocycles. The van der Waals surface area contributed by atoms with Crippen LogP contribution in [-0.2, 0) is 4.79 Å². The Morgan fingerprint density at radius 1 is 1.38 bits per heavy atom. The first-order valence-corrected chi connectivity index (χ1v) is 6.45. The fourth-order valence-electron chi connectivity index (χ4n) is 2.75. The van der Waals surface area contributed by atoms with Crippen LogP contribution >= 0.6 is 0 Å². The van der Waals surface area contributed by atoms with E-state index in [1.165, 1.54) is 32.1 Å². The maximum atomic E-state index is 11.4. The molecule has 4 heteroatoms. The standard InChI is InChI=1S/C12H25N3O/c1-2-11(12(14)16)15(9-8-13)10-6-4-3-5-7-10/h10-11H,2-9,13H2,1H3,(H2,14,16). The molecule has 16 heavy (non-hydrogen) atoms. The predicted molar refractivity (Wildman–Crippen MR) is 65.9 cm³/mol. The molecule has 0 aromatic carbocycles. The lowest BCUT2D eigenvalue weighted by atomic mass is 9.92. The van der Waals surface area contributed by atoms with Crippen LogP contribution in [0.5, 0.6) is 0 Å². The van der Waals surface area contributed by atoms with Crippen LogP contribution in [0.15, 0.2) is 0 Å². The van der Waals surface area contributed by atoms with Crippen molar-refractivity contribution in [3.05, 3.63) is 0 Å². The zero-order chi connectivity index (χ0) is 12.0. The lowest BCUT2D eigenvalue weighted by molar-refractivity contribution is -0.124. The number of carbonyl (C=O) groups is 1. The van der Waals surface area contributed by atoms with Crippen LogP contribution in [-0.4, -0.2) is 36.0 Å². The van der Waals surface area contributed by atoms with Crippen molar-refractivity contribution in [2.24, 2.45) is 11.5 Å². The van der Waals surface area contributed by atoms with Gasteiger partial charge in [0, 0.05) is 19.1 Å². The minimum atomic E-state index is -0.207. The van der Waals surface area contributed by atoms with Gasteiger partial charge in [0.2, 0.25) is 5.91 Å². The van der Waals surface area contributed by atoms with E-state index in [2.05, 4.69) is 4.90 Å². The molecule has 1 saturated carbocycles. The fourth-order valence-corrected chi connectivity index (χ4v) is 2.75. The average molecular weight is 227 g/mol. The molecule has 0 aromatic rings. The number of nitrogens with two attached hydrogens (primary N) is 2. The van der Waals surface area contributed by atoms with E-state index in [9.17, 15) is 4.79 Å². The van der Waals surface area contributed by atoms with Crippen molar-refractivity contribution in [2.75, 3.05) is 13.1 Å². The first kappa shape index (κ1) is 13.5. The summed E-state index contributed by atoms with van der Waals surface area (Å²) in [4.78, 5) is 13.7. The largest absolute Gasteiger partial charge is 0.368 e. The Hall–Kier alpha value is -0.610. The van der Waals surface area contributed by atoms with Gasteiger partial charge in [-0.3, -0.25) is 9.69 Å². The van der Waals surface area contributed by atoms with Gasteiger partial charge in [-0.15, -0.1) is 0 Å². The van der Waals surface area contributed by atoms with Gasteiger partial charge in [-0.1, -0.05) is 26.2 Å². The molecule has 0 radical (unpaired) electrons. The molecule has 1 fully saturated rings. The molecule has 1 amide bonds. The summed E-state index contributed by atoms with van der Waals surface area (Å²) in [7, 11) is 0. The summed E-state index contributed by atoms with van der Waals surface area (Å²) in [5, 5.41) is 0. The predicted octanol–water partition coefficient (Wildman–Crippen LogP) is 0.844. The summed E-state index contributed by atoms with van der Waals surface area (Å²) < 4.78 is 0. The maximum absolute atomic E-state index is 11.4. The summed E-state index contributed by atoms with van der Waals surface area (Å²) >= 11 is 0. The molecular weight excluding hydrogens is 202 g/mol. The van der Waals surface area contributed by atoms with Gasteiger partial charge in [0.1, 0.15) is 0 Å². The summed E-state index contributed by atoms with van der Waals surface area (Å²) in [6.45, 7) is 3.40. The number of rotatable bonds is 6. The van der Waals surface area contributed by atoms with Crippen LogP contribution in [0.25, 0.3) is 0 Å². The number of carbonyl (C=O) groups excluding carboxylic acids is 1. The van der Waals surface area contributed by atoms with Gasteiger partial charge in [-0.05, 0) is 19.3 Å². The SMILES string of the molecule is CCC(C(N)=O)N(CCN)C1CCCCC1. The van der Waals surface area contributed by atoms with Gasteiger partial charge in [-0.25, -0.2) is 0 Å². The quantitative estimate of drug-likeness (QED) is 0.706. The zero-order valence-corrected chi connectivity index (χ0v) is 10.3. The van der Waals surface area contributed by atoms with E-state index in [1.54, 1.807) is 0 Å². The number of primary amides is 1. The van der Waals surface area contributed by atoms with Gasteiger partial charge in [0.15, 0.2) is 0 Å². The van der Waals surface area contributed by atoms with Crippen molar-refractivity contribution in [2.45, 2.75) is 57.5 Å². The molecule has 0 spiro atoms. The van der Waals surface area contributed by atoms with Crippen LogP contribution in [0.1, 0.15) is 45.4 Å². The summed E-state index contributed by atoms with van der Waals surface area (Å²) in [5.74, 6) is -0.207. The molecule has 1 aliphatic rings. The van der Waals surface area contributed by atoms with Crippen LogP contribution in [0, 0.1) is 0 Å². The van der Waals surface area contributed by atoms with E-state index in [0.29, 0.717) is 12.6 Å². The zero-order valence-electron chi connectivity index (χ0n) is 10.3. The number of hydrogen-bond acceptors (Lipinski definition) is 3. The Morgan fingerprint density at radius 3 is 2.44 bits per heavy atom. The lowest BCUT2D eigenvalue weighted by Gasteiger charge is -2.38. The highest BCUT2D eigenvalue weighted by Gasteiger charge is 2.29. The average Bonchev–Trinajstić information content (AvgIpc) is 2.29. The lowest BCUT2D eigenvalue weighted by Crippen LogP contribution is -2.51. The second-order valence-electron chi connectivity index (χ2n) is 4.64. The van der Waals surface area contributed by atoms with Gasteiger partial charge in [-0.2, -0.15) is 0 Å². The Balaban J connectivity index is 2.66. The van der Waals surface area contributed by atoms with Gasteiger partial charge in [0.25, 0.3) is 0 Å². The molecular formula is C12H25N3O. The molecule has 1 unspecified atom stereocenters. The highest BCUT2D eigenvalue weighted by molar-refractivity contribution is 5.79. The number of hydrogen-bond donors (Lipinski definition) is 2. The van der Waals surface area contributed by atoms with Crippen molar-refractivity contribution >= 4 is 5.91 Å². The van der Waals surface area contributed by atoms with E-state index in [-0.39, 0.29) is 11.9 Å². The summed E-state index contributed by atoms with van der Waals surface area (Å²) in [6.07, 6.45) is 7.00. The van der Waals surface area contributed by atoms with Crippen LogP contribution in [0.4, 0.5) is 0 Å². The first-order chi connectivity index (χ1) is 7.70. The molecule has 4 nitrogen and oxygen atoms in total. The molecule has 1 rings (SSSR count). The van der Waals surface area contributed by atoms with E-state index in [1.807, 2.05) is 6.92 Å². The minimum absolute atomic E-state index is 0.133. The van der Waals surface area contributed by atoms with Crippen LogP contribution in [0.3, 0.4) is 0 Å². The van der Waals surface area contributed by atoms with E-state index in [4.69, 9.17) is 11.5 Å². The number of nitrogens with zero attached hydrogens (tertiary/aromatic N) is 1. The van der Waals surface area contributed by atoms with E-state index in [0.717, 1.165) is 13.0 Å². The Labute approximate surface area is 98.3 Å².